The largest absolute Gasteiger partial charge is 0.456 e. The number of benzene rings is 10. The Balaban J connectivity index is 1.09. The van der Waals surface area contributed by atoms with Gasteiger partial charge >= 0.3 is 0 Å². The lowest BCUT2D eigenvalue weighted by Gasteiger charge is -2.36. The SMILES string of the molecule is c1ccc(-c2cc3cc(N(c4ccc5c(c4)C(c4ccccc4)(c4ccccc4)c4ccccc4-5)c4ccc5c(c4)C(c4ccccc4)(c4ccccc4)c4ccccc4-5)ccc3o2)cc1. The van der Waals surface area contributed by atoms with E-state index in [-0.39, 0.29) is 0 Å². The third-order valence-electron chi connectivity index (χ3n) is 14.2. The zero-order chi connectivity index (χ0) is 43.7. The zero-order valence-corrected chi connectivity index (χ0v) is 36.2. The highest BCUT2D eigenvalue weighted by molar-refractivity contribution is 5.94. The van der Waals surface area contributed by atoms with E-state index in [1.165, 1.54) is 66.8 Å². The Morgan fingerprint density at radius 2 is 0.652 bits per heavy atom. The van der Waals surface area contributed by atoms with Crippen LogP contribution in [0.15, 0.2) is 265 Å². The molecule has 1 heterocycles. The van der Waals surface area contributed by atoms with Crippen LogP contribution in [0.4, 0.5) is 17.1 Å². The van der Waals surface area contributed by atoms with Crippen molar-refractivity contribution in [2.24, 2.45) is 0 Å². The maximum atomic E-state index is 6.52. The summed E-state index contributed by atoms with van der Waals surface area (Å²) in [6, 6.07) is 95.7. The summed E-state index contributed by atoms with van der Waals surface area (Å²) in [5.74, 6) is 0.853. The van der Waals surface area contributed by atoms with Gasteiger partial charge in [0.25, 0.3) is 0 Å². The summed E-state index contributed by atoms with van der Waals surface area (Å²) >= 11 is 0. The van der Waals surface area contributed by atoms with E-state index >= 15 is 0 Å². The van der Waals surface area contributed by atoms with Crippen molar-refractivity contribution in [3.63, 3.8) is 0 Å². The lowest BCUT2D eigenvalue weighted by atomic mass is 9.67. The van der Waals surface area contributed by atoms with Crippen LogP contribution in [0.5, 0.6) is 0 Å². The third-order valence-corrected chi connectivity index (χ3v) is 14.2. The molecule has 0 saturated heterocycles. The predicted octanol–water partition coefficient (Wildman–Crippen LogP) is 16.3. The molecule has 0 unspecified atom stereocenters. The highest BCUT2D eigenvalue weighted by atomic mass is 16.3. The first-order valence-electron chi connectivity index (χ1n) is 22.8. The van der Waals surface area contributed by atoms with E-state index in [2.05, 4.69) is 260 Å². The van der Waals surface area contributed by atoms with Crippen LogP contribution in [-0.2, 0) is 10.8 Å². The molecule has 0 aliphatic heterocycles. The van der Waals surface area contributed by atoms with E-state index in [4.69, 9.17) is 4.42 Å². The summed E-state index contributed by atoms with van der Waals surface area (Å²) in [4.78, 5) is 2.46. The monoisotopic (exact) mass is 841 g/mol. The van der Waals surface area contributed by atoms with E-state index < -0.39 is 10.8 Å². The van der Waals surface area contributed by atoms with Gasteiger partial charge in [0.1, 0.15) is 11.3 Å². The van der Waals surface area contributed by atoms with Gasteiger partial charge in [-0.2, -0.15) is 0 Å². The van der Waals surface area contributed by atoms with E-state index in [0.717, 1.165) is 39.4 Å². The van der Waals surface area contributed by atoms with Gasteiger partial charge in [-0.25, -0.2) is 0 Å². The minimum atomic E-state index is -0.551. The molecular weight excluding hydrogens is 799 g/mol. The first kappa shape index (κ1) is 38.0. The molecule has 66 heavy (non-hydrogen) atoms. The highest BCUT2D eigenvalue weighted by Crippen LogP contribution is 2.59. The Labute approximate surface area is 385 Å². The Bertz CT molecular complexity index is 3320. The van der Waals surface area contributed by atoms with E-state index in [1.54, 1.807) is 0 Å². The molecule has 0 amide bonds. The van der Waals surface area contributed by atoms with Crippen LogP contribution in [0.1, 0.15) is 44.5 Å². The van der Waals surface area contributed by atoms with Crippen LogP contribution >= 0.6 is 0 Å². The van der Waals surface area contributed by atoms with Gasteiger partial charge in [-0.1, -0.05) is 212 Å². The maximum Gasteiger partial charge on any atom is 0.135 e. The molecule has 10 aromatic carbocycles. The normalized spacial score (nSPS) is 13.7. The van der Waals surface area contributed by atoms with Crippen molar-refractivity contribution < 1.29 is 4.42 Å². The van der Waals surface area contributed by atoms with Gasteiger partial charge < -0.3 is 9.32 Å². The molecule has 0 saturated carbocycles. The second-order valence-electron chi connectivity index (χ2n) is 17.5. The van der Waals surface area contributed by atoms with Crippen LogP contribution in [-0.4, -0.2) is 0 Å². The average Bonchev–Trinajstić information content (AvgIpc) is 4.05. The second-order valence-corrected chi connectivity index (χ2v) is 17.5. The summed E-state index contributed by atoms with van der Waals surface area (Å²) in [7, 11) is 0. The molecule has 1 aromatic heterocycles. The Hall–Kier alpha value is -8.46. The molecule has 0 N–H and O–H groups in total. The second kappa shape index (κ2) is 15.1. The summed E-state index contributed by atoms with van der Waals surface area (Å²) in [5.41, 5.74) is 19.1. The van der Waals surface area contributed by atoms with E-state index in [0.29, 0.717) is 0 Å². The molecule has 0 radical (unpaired) electrons. The molecule has 0 fully saturated rings. The average molecular weight is 842 g/mol. The molecule has 2 aliphatic rings. The Morgan fingerprint density at radius 1 is 0.288 bits per heavy atom. The number of anilines is 3. The smallest absolute Gasteiger partial charge is 0.135 e. The van der Waals surface area contributed by atoms with Crippen molar-refractivity contribution in [1.82, 2.24) is 0 Å². The van der Waals surface area contributed by atoms with Gasteiger partial charge in [0, 0.05) is 28.0 Å². The van der Waals surface area contributed by atoms with Crippen LogP contribution in [0.3, 0.4) is 0 Å². The summed E-state index contributed by atoms with van der Waals surface area (Å²) < 4.78 is 6.52. The fourth-order valence-electron chi connectivity index (χ4n) is 11.5. The first-order valence-corrected chi connectivity index (χ1v) is 22.8. The highest BCUT2D eigenvalue weighted by Gasteiger charge is 2.48. The number of rotatable bonds is 8. The van der Waals surface area contributed by atoms with Gasteiger partial charge in [-0.05, 0) is 115 Å². The van der Waals surface area contributed by atoms with Gasteiger partial charge in [0.05, 0.1) is 10.8 Å². The van der Waals surface area contributed by atoms with Gasteiger partial charge in [0.15, 0.2) is 0 Å². The third kappa shape index (κ3) is 5.55. The molecule has 0 atom stereocenters. The van der Waals surface area contributed by atoms with Crippen molar-refractivity contribution >= 4 is 28.0 Å². The summed E-state index contributed by atoms with van der Waals surface area (Å²) in [5, 5.41) is 1.05. The zero-order valence-electron chi connectivity index (χ0n) is 36.2. The molecule has 2 aliphatic carbocycles. The van der Waals surface area contributed by atoms with E-state index in [1.807, 2.05) is 6.07 Å². The van der Waals surface area contributed by atoms with Gasteiger partial charge in [-0.3, -0.25) is 0 Å². The lowest BCUT2D eigenvalue weighted by Crippen LogP contribution is -2.29. The fraction of sp³-hybridized carbons (Fsp3) is 0.0312. The predicted molar refractivity (Wildman–Crippen MR) is 271 cm³/mol. The van der Waals surface area contributed by atoms with Crippen molar-refractivity contribution in [1.29, 1.82) is 0 Å². The number of hydrogen-bond donors (Lipinski definition) is 0. The molecule has 2 heteroatoms. The van der Waals surface area contributed by atoms with Crippen LogP contribution < -0.4 is 4.90 Å². The van der Waals surface area contributed by atoms with Crippen molar-refractivity contribution in [3.05, 3.63) is 305 Å². The quantitative estimate of drug-likeness (QED) is 0.152. The van der Waals surface area contributed by atoms with E-state index in [9.17, 15) is 0 Å². The number of fused-ring (bicyclic) bond motifs is 7. The fourth-order valence-corrected chi connectivity index (χ4v) is 11.5. The topological polar surface area (TPSA) is 16.4 Å². The number of nitrogens with zero attached hydrogens (tertiary/aromatic N) is 1. The molecule has 0 spiro atoms. The van der Waals surface area contributed by atoms with Crippen molar-refractivity contribution in [3.8, 4) is 33.6 Å². The Morgan fingerprint density at radius 3 is 1.11 bits per heavy atom. The lowest BCUT2D eigenvalue weighted by molar-refractivity contribution is 0.631. The minimum Gasteiger partial charge on any atom is -0.456 e. The van der Waals surface area contributed by atoms with Gasteiger partial charge in [-0.15, -0.1) is 0 Å². The number of hydrogen-bond acceptors (Lipinski definition) is 2. The standard InChI is InChI=1S/C64H43NO/c1-6-20-44(21-7-1)62-41-45-40-50(36-39-61(45)66-62)65(51-34-37-55-53-30-16-18-32-57(53)63(59(55)42-51,46-22-8-2-9-23-46)47-24-10-3-11-25-47)52-35-38-56-54-31-17-19-33-58(54)64(60(56)43-52,48-26-12-4-13-27-48)49-28-14-5-15-29-49/h1-43H. The molecular formula is C64H43NO. The minimum absolute atomic E-state index is 0.551. The molecule has 310 valence electrons. The molecule has 13 rings (SSSR count). The molecule has 0 bridgehead atoms. The van der Waals surface area contributed by atoms with Crippen molar-refractivity contribution in [2.45, 2.75) is 10.8 Å². The number of furan rings is 1. The van der Waals surface area contributed by atoms with Crippen molar-refractivity contribution in [2.75, 3.05) is 4.90 Å². The van der Waals surface area contributed by atoms with Crippen LogP contribution in [0.2, 0.25) is 0 Å². The van der Waals surface area contributed by atoms with Crippen LogP contribution in [0, 0.1) is 0 Å². The molecule has 11 aromatic rings. The van der Waals surface area contributed by atoms with Gasteiger partial charge in [0.2, 0.25) is 0 Å². The summed E-state index contributed by atoms with van der Waals surface area (Å²) in [6.07, 6.45) is 0. The summed E-state index contributed by atoms with van der Waals surface area (Å²) in [6.45, 7) is 0. The molecule has 2 nitrogen and oxygen atoms in total. The Kier molecular flexibility index (Phi) is 8.69. The maximum absolute atomic E-state index is 6.52. The van der Waals surface area contributed by atoms with Crippen LogP contribution in [0.25, 0.3) is 44.5 Å². The first-order chi connectivity index (χ1) is 32.7.